The van der Waals surface area contributed by atoms with Crippen LogP contribution < -0.4 is 5.32 Å². The molecule has 8 heteroatoms. The normalized spacial score (nSPS) is 15.9. The Hall–Kier alpha value is -1.81. The number of nitrogens with one attached hydrogen (secondary N) is 1. The Bertz CT molecular complexity index is 961. The maximum absolute atomic E-state index is 14.1. The zero-order chi connectivity index (χ0) is 19.7. The molecule has 4 nitrogen and oxygen atoms in total. The van der Waals surface area contributed by atoms with Crippen molar-refractivity contribution in [2.24, 2.45) is 0 Å². The number of nitriles is 1. The van der Waals surface area contributed by atoms with Gasteiger partial charge in [-0.3, -0.25) is 4.79 Å². The number of benzene rings is 2. The highest BCUT2D eigenvalue weighted by Crippen LogP contribution is 2.37. The van der Waals surface area contributed by atoms with Crippen LogP contribution >= 0.6 is 39.1 Å². The first-order valence-electron chi connectivity index (χ1n) is 8.22. The summed E-state index contributed by atoms with van der Waals surface area (Å²) in [4.78, 5) is 14.4. The summed E-state index contributed by atoms with van der Waals surface area (Å²) in [5, 5.41) is 12.9. The Kier molecular flexibility index (Phi) is 5.95. The molecule has 0 radical (unpaired) electrons. The highest BCUT2D eigenvalue weighted by molar-refractivity contribution is 9.10. The van der Waals surface area contributed by atoms with Gasteiger partial charge in [0.15, 0.2) is 0 Å². The number of nitrogens with zero attached hydrogens (tertiary/aromatic N) is 2. The van der Waals surface area contributed by atoms with E-state index in [0.29, 0.717) is 27.5 Å². The van der Waals surface area contributed by atoms with Crippen LogP contribution in [0.25, 0.3) is 0 Å². The standard InChI is InChI=1S/C19H15BrCl2FN3O/c1-10-19-11(4-13(21)6-15(19)22)2-3-26(10)18(27)9-25-17-7-14(20)12(8-24)5-16(17)23/h4-7,10,25H,2-3,9H2,1H3. The topological polar surface area (TPSA) is 56.1 Å². The molecule has 3 rings (SSSR count). The molecule has 1 amide bonds. The van der Waals surface area contributed by atoms with Crippen LogP contribution in [-0.4, -0.2) is 23.9 Å². The molecule has 0 aliphatic carbocycles. The van der Waals surface area contributed by atoms with Crippen LogP contribution in [0.15, 0.2) is 28.7 Å². The average Bonchev–Trinajstić information content (AvgIpc) is 2.61. The van der Waals surface area contributed by atoms with Crippen LogP contribution in [0.4, 0.5) is 10.1 Å². The molecule has 140 valence electrons. The van der Waals surface area contributed by atoms with Crippen molar-refractivity contribution in [1.82, 2.24) is 4.90 Å². The summed E-state index contributed by atoms with van der Waals surface area (Å²) >= 11 is 15.6. The zero-order valence-electron chi connectivity index (χ0n) is 14.3. The number of carbonyl (C=O) groups excluding carboxylic acids is 1. The van der Waals surface area contributed by atoms with Gasteiger partial charge in [0.25, 0.3) is 0 Å². The smallest absolute Gasteiger partial charge is 0.242 e. The summed E-state index contributed by atoms with van der Waals surface area (Å²) in [6.45, 7) is 2.37. The molecule has 0 fully saturated rings. The Morgan fingerprint density at radius 2 is 2.15 bits per heavy atom. The molecule has 1 N–H and O–H groups in total. The Balaban J connectivity index is 1.74. The average molecular weight is 471 g/mol. The van der Waals surface area contributed by atoms with Crippen LogP contribution in [0.1, 0.15) is 29.7 Å². The van der Waals surface area contributed by atoms with Gasteiger partial charge in [-0.15, -0.1) is 0 Å². The number of halogens is 4. The van der Waals surface area contributed by atoms with E-state index in [2.05, 4.69) is 21.2 Å². The van der Waals surface area contributed by atoms with Crippen LogP contribution in [-0.2, 0) is 11.2 Å². The predicted octanol–water partition coefficient (Wildman–Crippen LogP) is 5.32. The molecule has 0 bridgehead atoms. The van der Waals surface area contributed by atoms with Crippen molar-refractivity contribution in [3.05, 3.63) is 61.3 Å². The molecule has 2 aromatic carbocycles. The first kappa shape index (κ1) is 19.9. The van der Waals surface area contributed by atoms with Crippen LogP contribution in [0.5, 0.6) is 0 Å². The number of anilines is 1. The van der Waals surface area contributed by atoms with Gasteiger partial charge in [0, 0.05) is 21.1 Å². The number of rotatable bonds is 3. The predicted molar refractivity (Wildman–Crippen MR) is 108 cm³/mol. The second-order valence-electron chi connectivity index (χ2n) is 6.25. The molecule has 0 saturated carbocycles. The van der Waals surface area contributed by atoms with Crippen LogP contribution in [0.3, 0.4) is 0 Å². The monoisotopic (exact) mass is 469 g/mol. The SMILES string of the molecule is CC1c2c(Cl)cc(Cl)cc2CCN1C(=O)CNc1cc(Br)c(C#N)cc1F. The van der Waals surface area contributed by atoms with Crippen LogP contribution in [0.2, 0.25) is 10.0 Å². The summed E-state index contributed by atoms with van der Waals surface area (Å²) in [5.41, 5.74) is 2.29. The first-order chi connectivity index (χ1) is 12.8. The van der Waals surface area contributed by atoms with Gasteiger partial charge in [0.1, 0.15) is 11.9 Å². The van der Waals surface area contributed by atoms with Gasteiger partial charge in [-0.1, -0.05) is 23.2 Å². The molecule has 0 saturated heterocycles. The van der Waals surface area contributed by atoms with E-state index < -0.39 is 5.82 Å². The van der Waals surface area contributed by atoms with Crippen molar-refractivity contribution < 1.29 is 9.18 Å². The van der Waals surface area contributed by atoms with Crippen molar-refractivity contribution in [3.8, 4) is 6.07 Å². The number of hydrogen-bond acceptors (Lipinski definition) is 3. The minimum Gasteiger partial charge on any atom is -0.374 e. The number of hydrogen-bond donors (Lipinski definition) is 1. The van der Waals surface area contributed by atoms with E-state index in [9.17, 15) is 9.18 Å². The molecule has 1 aliphatic heterocycles. The third-order valence-electron chi connectivity index (χ3n) is 4.61. The second kappa shape index (κ2) is 8.05. The minimum absolute atomic E-state index is 0.0693. The number of amides is 1. The van der Waals surface area contributed by atoms with Crippen molar-refractivity contribution in [1.29, 1.82) is 5.26 Å². The van der Waals surface area contributed by atoms with Gasteiger partial charge in [-0.2, -0.15) is 5.26 Å². The summed E-state index contributed by atoms with van der Waals surface area (Å²) in [6, 6.07) is 7.82. The summed E-state index contributed by atoms with van der Waals surface area (Å²) < 4.78 is 14.5. The Labute approximate surface area is 175 Å². The summed E-state index contributed by atoms with van der Waals surface area (Å²) in [7, 11) is 0. The molecule has 1 atom stereocenters. The molecule has 2 aromatic rings. The van der Waals surface area contributed by atoms with Crippen molar-refractivity contribution in [2.45, 2.75) is 19.4 Å². The molecule has 27 heavy (non-hydrogen) atoms. The molecule has 1 aliphatic rings. The lowest BCUT2D eigenvalue weighted by Crippen LogP contribution is -2.42. The van der Waals surface area contributed by atoms with Crippen LogP contribution in [0, 0.1) is 17.1 Å². The van der Waals surface area contributed by atoms with E-state index in [1.54, 1.807) is 11.0 Å². The first-order valence-corrected chi connectivity index (χ1v) is 9.77. The fraction of sp³-hybridized carbons (Fsp3) is 0.263. The fourth-order valence-electron chi connectivity index (χ4n) is 3.28. The van der Waals surface area contributed by atoms with Crippen molar-refractivity contribution in [2.75, 3.05) is 18.4 Å². The van der Waals surface area contributed by atoms with Gasteiger partial charge in [0.05, 0.1) is 23.8 Å². The van der Waals surface area contributed by atoms with Gasteiger partial charge in [-0.05, 0) is 64.7 Å². The highest BCUT2D eigenvalue weighted by Gasteiger charge is 2.29. The van der Waals surface area contributed by atoms with Gasteiger partial charge >= 0.3 is 0 Å². The van der Waals surface area contributed by atoms with E-state index >= 15 is 0 Å². The molecule has 1 heterocycles. The van der Waals surface area contributed by atoms with E-state index in [-0.39, 0.29) is 29.7 Å². The molecule has 1 unspecified atom stereocenters. The molecular weight excluding hydrogens is 456 g/mol. The van der Waals surface area contributed by atoms with E-state index in [0.717, 1.165) is 17.2 Å². The van der Waals surface area contributed by atoms with Crippen molar-refractivity contribution in [3.63, 3.8) is 0 Å². The maximum Gasteiger partial charge on any atom is 0.242 e. The van der Waals surface area contributed by atoms with Gasteiger partial charge in [0.2, 0.25) is 5.91 Å². The number of fused-ring (bicyclic) bond motifs is 1. The van der Waals surface area contributed by atoms with Crippen molar-refractivity contribution >= 4 is 50.7 Å². The maximum atomic E-state index is 14.1. The highest BCUT2D eigenvalue weighted by atomic mass is 79.9. The van der Waals surface area contributed by atoms with E-state index in [1.165, 1.54) is 6.07 Å². The summed E-state index contributed by atoms with van der Waals surface area (Å²) in [6.07, 6.45) is 0.655. The third kappa shape index (κ3) is 4.06. The lowest BCUT2D eigenvalue weighted by Gasteiger charge is -2.36. The zero-order valence-corrected chi connectivity index (χ0v) is 17.4. The minimum atomic E-state index is -0.586. The lowest BCUT2D eigenvalue weighted by molar-refractivity contribution is -0.131. The molecular formula is C19H15BrCl2FN3O. The third-order valence-corrected chi connectivity index (χ3v) is 5.80. The quantitative estimate of drug-likeness (QED) is 0.659. The van der Waals surface area contributed by atoms with Gasteiger partial charge in [-0.25, -0.2) is 4.39 Å². The lowest BCUT2D eigenvalue weighted by atomic mass is 9.93. The fourth-order valence-corrected chi connectivity index (χ4v) is 4.41. The largest absolute Gasteiger partial charge is 0.374 e. The molecule has 0 aromatic heterocycles. The summed E-state index contributed by atoms with van der Waals surface area (Å²) in [5.74, 6) is -0.753. The number of carbonyl (C=O) groups is 1. The molecule has 0 spiro atoms. The Morgan fingerprint density at radius 3 is 2.85 bits per heavy atom. The second-order valence-corrected chi connectivity index (χ2v) is 7.95. The van der Waals surface area contributed by atoms with Gasteiger partial charge < -0.3 is 10.2 Å². The van der Waals surface area contributed by atoms with E-state index in [4.69, 9.17) is 28.5 Å². The Morgan fingerprint density at radius 1 is 1.41 bits per heavy atom. The van der Waals surface area contributed by atoms with E-state index in [1.807, 2.05) is 19.1 Å².